The lowest BCUT2D eigenvalue weighted by molar-refractivity contribution is -0.274. The summed E-state index contributed by atoms with van der Waals surface area (Å²) in [5, 5.41) is 13.8. The number of aromatic nitrogens is 2. The van der Waals surface area contributed by atoms with Gasteiger partial charge in [0, 0.05) is 11.6 Å². The molecule has 1 saturated carbocycles. The number of benzene rings is 1. The maximum absolute atomic E-state index is 12.1. The molecular formula is C15H15F3N2O2. The van der Waals surface area contributed by atoms with Gasteiger partial charge in [-0.3, -0.25) is 0 Å². The highest BCUT2D eigenvalue weighted by Gasteiger charge is 2.32. The lowest BCUT2D eigenvalue weighted by Crippen LogP contribution is -2.26. The van der Waals surface area contributed by atoms with Crippen LogP contribution >= 0.6 is 0 Å². The van der Waals surface area contributed by atoms with Gasteiger partial charge in [-0.1, -0.05) is 0 Å². The second-order valence-corrected chi connectivity index (χ2v) is 5.49. The predicted octanol–water partition coefficient (Wildman–Crippen LogP) is 3.32. The summed E-state index contributed by atoms with van der Waals surface area (Å²) >= 11 is 0. The number of halogens is 3. The first-order chi connectivity index (χ1) is 10.3. The smallest absolute Gasteiger partial charge is 0.406 e. The van der Waals surface area contributed by atoms with Crippen molar-refractivity contribution >= 4 is 0 Å². The molecule has 0 radical (unpaired) electrons. The Morgan fingerprint density at radius 3 is 2.41 bits per heavy atom. The lowest BCUT2D eigenvalue weighted by Gasteiger charge is -2.29. The number of hydrogen-bond acceptors (Lipinski definition) is 3. The minimum Gasteiger partial charge on any atom is -0.406 e. The van der Waals surface area contributed by atoms with Gasteiger partial charge in [-0.25, -0.2) is 4.68 Å². The number of rotatable bonds is 3. The van der Waals surface area contributed by atoms with Crippen LogP contribution < -0.4 is 4.74 Å². The summed E-state index contributed by atoms with van der Waals surface area (Å²) in [6.45, 7) is 1.88. The molecule has 1 heterocycles. The summed E-state index contributed by atoms with van der Waals surface area (Å²) in [4.78, 5) is 0. The number of ether oxygens (including phenoxy) is 1. The van der Waals surface area contributed by atoms with Crippen molar-refractivity contribution in [3.05, 3.63) is 41.7 Å². The fourth-order valence-corrected chi connectivity index (χ4v) is 2.58. The molecule has 0 bridgehead atoms. The summed E-state index contributed by atoms with van der Waals surface area (Å²) < 4.78 is 41.9. The van der Waals surface area contributed by atoms with E-state index in [2.05, 4.69) is 9.84 Å². The third-order valence-electron chi connectivity index (χ3n) is 3.75. The van der Waals surface area contributed by atoms with Crippen molar-refractivity contribution in [2.75, 3.05) is 0 Å². The van der Waals surface area contributed by atoms with E-state index in [1.807, 2.05) is 13.0 Å². The first kappa shape index (κ1) is 14.9. The molecule has 118 valence electrons. The van der Waals surface area contributed by atoms with Crippen LogP contribution in [0.5, 0.6) is 5.75 Å². The zero-order valence-corrected chi connectivity index (χ0v) is 11.8. The van der Waals surface area contributed by atoms with Crippen LogP contribution in [-0.2, 0) is 0 Å². The van der Waals surface area contributed by atoms with E-state index >= 15 is 0 Å². The number of aliphatic hydroxyl groups excluding tert-OH is 1. The molecule has 0 aliphatic heterocycles. The van der Waals surface area contributed by atoms with Crippen LogP contribution in [0.25, 0.3) is 5.69 Å². The van der Waals surface area contributed by atoms with Gasteiger partial charge >= 0.3 is 6.36 Å². The first-order valence-corrected chi connectivity index (χ1v) is 6.92. The van der Waals surface area contributed by atoms with E-state index in [4.69, 9.17) is 0 Å². The molecule has 1 aliphatic rings. The topological polar surface area (TPSA) is 47.3 Å². The Morgan fingerprint density at radius 1 is 1.23 bits per heavy atom. The molecule has 7 heteroatoms. The maximum atomic E-state index is 12.1. The standard InChI is InChI=1S/C15H15F3N2O2/c1-9-6-14(10-7-12(21)8-10)19-20(9)11-2-4-13(5-3-11)22-15(16,17)18/h2-6,10,12,21H,7-8H2,1H3. The van der Waals surface area contributed by atoms with Gasteiger partial charge < -0.3 is 9.84 Å². The Bertz CT molecular complexity index is 658. The van der Waals surface area contributed by atoms with Gasteiger partial charge in [0.15, 0.2) is 0 Å². The molecule has 1 aliphatic carbocycles. The molecule has 1 N–H and O–H groups in total. The molecule has 0 spiro atoms. The molecule has 1 aromatic heterocycles. The molecule has 0 atom stereocenters. The molecular weight excluding hydrogens is 297 g/mol. The molecule has 2 aromatic rings. The molecule has 0 unspecified atom stereocenters. The van der Waals surface area contributed by atoms with E-state index in [-0.39, 0.29) is 17.8 Å². The van der Waals surface area contributed by atoms with Crippen molar-refractivity contribution < 1.29 is 23.0 Å². The Labute approximate surface area is 125 Å². The van der Waals surface area contributed by atoms with Crippen LogP contribution in [0.4, 0.5) is 13.2 Å². The predicted molar refractivity (Wildman–Crippen MR) is 73.0 cm³/mol. The van der Waals surface area contributed by atoms with Crippen molar-refractivity contribution in [1.82, 2.24) is 9.78 Å². The van der Waals surface area contributed by atoms with Crippen molar-refractivity contribution in [1.29, 1.82) is 0 Å². The molecule has 0 amide bonds. The highest BCUT2D eigenvalue weighted by atomic mass is 19.4. The molecule has 0 saturated heterocycles. The minimum atomic E-state index is -4.69. The summed E-state index contributed by atoms with van der Waals surface area (Å²) in [6.07, 6.45) is -3.54. The van der Waals surface area contributed by atoms with Crippen molar-refractivity contribution in [2.24, 2.45) is 0 Å². The quantitative estimate of drug-likeness (QED) is 0.946. The van der Waals surface area contributed by atoms with Crippen LogP contribution in [0.2, 0.25) is 0 Å². The Morgan fingerprint density at radius 2 is 1.86 bits per heavy atom. The SMILES string of the molecule is Cc1cc(C2CC(O)C2)nn1-c1ccc(OC(F)(F)F)cc1. The van der Waals surface area contributed by atoms with Gasteiger partial charge in [-0.05, 0) is 50.1 Å². The second kappa shape index (κ2) is 5.31. The van der Waals surface area contributed by atoms with Gasteiger partial charge in [0.25, 0.3) is 0 Å². The van der Waals surface area contributed by atoms with Crippen LogP contribution in [-0.4, -0.2) is 27.4 Å². The Kier molecular flexibility index (Phi) is 3.60. The van der Waals surface area contributed by atoms with E-state index in [9.17, 15) is 18.3 Å². The molecule has 1 fully saturated rings. The number of hydrogen-bond donors (Lipinski definition) is 1. The van der Waals surface area contributed by atoms with Gasteiger partial charge in [-0.2, -0.15) is 5.10 Å². The van der Waals surface area contributed by atoms with Gasteiger partial charge in [-0.15, -0.1) is 13.2 Å². The molecule has 1 aromatic carbocycles. The summed E-state index contributed by atoms with van der Waals surface area (Å²) in [5.41, 5.74) is 2.46. The first-order valence-electron chi connectivity index (χ1n) is 6.92. The number of nitrogens with zero attached hydrogens (tertiary/aromatic N) is 2. The summed E-state index contributed by atoms with van der Waals surface area (Å²) in [5.74, 6) is -0.00816. The largest absolute Gasteiger partial charge is 0.573 e. The zero-order chi connectivity index (χ0) is 15.9. The van der Waals surface area contributed by atoms with Gasteiger partial charge in [0.1, 0.15) is 5.75 Å². The second-order valence-electron chi connectivity index (χ2n) is 5.49. The van der Waals surface area contributed by atoms with Crippen LogP contribution in [0.3, 0.4) is 0 Å². The van der Waals surface area contributed by atoms with E-state index in [0.29, 0.717) is 18.5 Å². The van der Waals surface area contributed by atoms with Crippen molar-refractivity contribution in [3.63, 3.8) is 0 Å². The van der Waals surface area contributed by atoms with E-state index in [1.54, 1.807) is 4.68 Å². The Hall–Kier alpha value is -2.02. The summed E-state index contributed by atoms with van der Waals surface area (Å²) in [6, 6.07) is 7.52. The van der Waals surface area contributed by atoms with Crippen molar-refractivity contribution in [2.45, 2.75) is 38.1 Å². The zero-order valence-electron chi connectivity index (χ0n) is 11.8. The van der Waals surface area contributed by atoms with Crippen molar-refractivity contribution in [3.8, 4) is 11.4 Å². The third-order valence-corrected chi connectivity index (χ3v) is 3.75. The van der Waals surface area contributed by atoms with Gasteiger partial charge in [0.2, 0.25) is 0 Å². The monoisotopic (exact) mass is 312 g/mol. The van der Waals surface area contributed by atoms with Crippen LogP contribution in [0.15, 0.2) is 30.3 Å². The van der Waals surface area contributed by atoms with E-state index in [0.717, 1.165) is 11.4 Å². The molecule has 3 rings (SSSR count). The van der Waals surface area contributed by atoms with E-state index < -0.39 is 6.36 Å². The fourth-order valence-electron chi connectivity index (χ4n) is 2.58. The fraction of sp³-hybridized carbons (Fsp3) is 0.400. The number of aliphatic hydroxyl groups is 1. The number of aryl methyl sites for hydroxylation is 1. The Balaban J connectivity index is 1.79. The average molecular weight is 312 g/mol. The van der Waals surface area contributed by atoms with Crippen LogP contribution in [0.1, 0.15) is 30.1 Å². The maximum Gasteiger partial charge on any atom is 0.573 e. The third kappa shape index (κ3) is 3.09. The lowest BCUT2D eigenvalue weighted by atomic mass is 9.80. The minimum absolute atomic E-state index is 0.253. The summed E-state index contributed by atoms with van der Waals surface area (Å²) in [7, 11) is 0. The number of alkyl halides is 3. The highest BCUT2D eigenvalue weighted by molar-refractivity contribution is 5.38. The van der Waals surface area contributed by atoms with Gasteiger partial charge in [0.05, 0.1) is 17.5 Å². The van der Waals surface area contributed by atoms with Crippen LogP contribution in [0, 0.1) is 6.92 Å². The highest BCUT2D eigenvalue weighted by Crippen LogP contribution is 2.36. The van der Waals surface area contributed by atoms with E-state index in [1.165, 1.54) is 24.3 Å². The normalized spacial score (nSPS) is 21.5. The molecule has 4 nitrogen and oxygen atoms in total. The molecule has 22 heavy (non-hydrogen) atoms. The average Bonchev–Trinajstić information content (AvgIpc) is 2.76.